The summed E-state index contributed by atoms with van der Waals surface area (Å²) in [6.07, 6.45) is 0.816. The van der Waals surface area contributed by atoms with Gasteiger partial charge in [-0.05, 0) is 41.1 Å². The molecular weight excluding hydrogens is 321 g/mol. The number of fused-ring (bicyclic) bond motifs is 1. The molecule has 0 saturated heterocycles. The van der Waals surface area contributed by atoms with E-state index in [0.717, 1.165) is 17.5 Å². The molecule has 1 amide bonds. The first-order valence-electron chi connectivity index (χ1n) is 7.92. The summed E-state index contributed by atoms with van der Waals surface area (Å²) >= 11 is 1.72. The normalized spacial score (nSPS) is 16.7. The van der Waals surface area contributed by atoms with Crippen LogP contribution in [0.2, 0.25) is 0 Å². The number of thiophene rings is 1. The molecule has 4 rings (SSSR count). The summed E-state index contributed by atoms with van der Waals surface area (Å²) in [7, 11) is 0. The molecule has 0 radical (unpaired) electrons. The van der Waals surface area contributed by atoms with Gasteiger partial charge in [-0.1, -0.05) is 42.5 Å². The second kappa shape index (κ2) is 6.21. The van der Waals surface area contributed by atoms with E-state index in [4.69, 9.17) is 0 Å². The van der Waals surface area contributed by atoms with Crippen molar-refractivity contribution in [2.45, 2.75) is 12.5 Å². The summed E-state index contributed by atoms with van der Waals surface area (Å²) in [5.74, 6) is -0.718. The average Bonchev–Trinajstić information content (AvgIpc) is 3.10. The molecule has 120 valence electrons. The van der Waals surface area contributed by atoms with E-state index in [1.54, 1.807) is 34.4 Å². The molecule has 0 bridgehead atoms. The Balaban J connectivity index is 1.80. The van der Waals surface area contributed by atoms with Crippen molar-refractivity contribution in [1.29, 1.82) is 0 Å². The largest absolute Gasteiger partial charge is 0.327 e. The minimum absolute atomic E-state index is 0.136. The van der Waals surface area contributed by atoms with Gasteiger partial charge in [0.2, 0.25) is 0 Å². The monoisotopic (exact) mass is 337 g/mol. The van der Waals surface area contributed by atoms with E-state index in [1.807, 2.05) is 30.3 Å². The highest BCUT2D eigenvalue weighted by molar-refractivity contribution is 7.10. The summed E-state index contributed by atoms with van der Waals surface area (Å²) in [5.41, 5.74) is 2.35. The Bertz CT molecular complexity index is 874. The lowest BCUT2D eigenvalue weighted by Gasteiger charge is -2.36. The van der Waals surface area contributed by atoms with Crippen LogP contribution in [-0.2, 0) is 6.42 Å². The summed E-state index contributed by atoms with van der Waals surface area (Å²) in [5, 5.41) is 2.07. The van der Waals surface area contributed by atoms with Gasteiger partial charge in [0.1, 0.15) is 5.82 Å². The van der Waals surface area contributed by atoms with Gasteiger partial charge in [-0.15, -0.1) is 11.3 Å². The van der Waals surface area contributed by atoms with Crippen LogP contribution < -0.4 is 0 Å². The number of hydrogen-bond donors (Lipinski definition) is 0. The fourth-order valence-corrected chi connectivity index (χ4v) is 4.22. The Morgan fingerprint density at radius 1 is 1.04 bits per heavy atom. The molecule has 4 heteroatoms. The molecule has 0 unspecified atom stereocenters. The molecule has 2 aromatic carbocycles. The maximum absolute atomic E-state index is 14.1. The van der Waals surface area contributed by atoms with Crippen molar-refractivity contribution in [3.63, 3.8) is 0 Å². The summed E-state index contributed by atoms with van der Waals surface area (Å²) < 4.78 is 14.1. The van der Waals surface area contributed by atoms with Gasteiger partial charge in [-0.3, -0.25) is 4.79 Å². The lowest BCUT2D eigenvalue weighted by Crippen LogP contribution is -2.40. The van der Waals surface area contributed by atoms with Gasteiger partial charge in [0, 0.05) is 11.4 Å². The van der Waals surface area contributed by atoms with Crippen molar-refractivity contribution in [2.24, 2.45) is 0 Å². The molecule has 0 aliphatic carbocycles. The zero-order valence-corrected chi connectivity index (χ0v) is 13.8. The third-order valence-electron chi connectivity index (χ3n) is 4.45. The molecule has 0 spiro atoms. The highest BCUT2D eigenvalue weighted by Crippen LogP contribution is 2.38. The summed E-state index contributed by atoms with van der Waals surface area (Å²) in [4.78, 5) is 16.1. The molecule has 1 aromatic heterocycles. The minimum Gasteiger partial charge on any atom is -0.327 e. The summed E-state index contributed by atoms with van der Waals surface area (Å²) in [6.45, 7) is 0.597. The van der Waals surface area contributed by atoms with Gasteiger partial charge < -0.3 is 4.90 Å². The SMILES string of the molecule is O=C(c1ccccc1F)N1CCc2sccc2[C@@H]1c1ccccc1. The van der Waals surface area contributed by atoms with E-state index in [1.165, 1.54) is 10.9 Å². The van der Waals surface area contributed by atoms with E-state index >= 15 is 0 Å². The third-order valence-corrected chi connectivity index (χ3v) is 5.44. The molecule has 1 aliphatic rings. The van der Waals surface area contributed by atoms with Crippen molar-refractivity contribution in [1.82, 2.24) is 4.90 Å². The van der Waals surface area contributed by atoms with Crippen molar-refractivity contribution >= 4 is 17.2 Å². The van der Waals surface area contributed by atoms with E-state index in [-0.39, 0.29) is 17.5 Å². The summed E-state index contributed by atoms with van der Waals surface area (Å²) in [6, 6.07) is 18.1. The number of rotatable bonds is 2. The molecular formula is C20H16FNOS. The molecule has 3 aromatic rings. The van der Waals surface area contributed by atoms with Crippen molar-refractivity contribution < 1.29 is 9.18 Å². The highest BCUT2D eigenvalue weighted by atomic mass is 32.1. The van der Waals surface area contributed by atoms with Crippen LogP contribution in [0.25, 0.3) is 0 Å². The standard InChI is InChI=1S/C20H16FNOS/c21-17-9-5-4-8-15(17)20(23)22-12-10-18-16(11-13-24-18)19(22)14-6-2-1-3-7-14/h1-9,11,13,19H,10,12H2/t19-/m0/s1. The van der Waals surface area contributed by atoms with Crippen LogP contribution >= 0.6 is 11.3 Å². The first-order valence-corrected chi connectivity index (χ1v) is 8.80. The second-order valence-corrected chi connectivity index (χ2v) is 6.84. The van der Waals surface area contributed by atoms with Crippen LogP contribution in [0.4, 0.5) is 4.39 Å². The van der Waals surface area contributed by atoms with Gasteiger partial charge >= 0.3 is 0 Å². The van der Waals surface area contributed by atoms with Gasteiger partial charge in [-0.2, -0.15) is 0 Å². The molecule has 2 nitrogen and oxygen atoms in total. The van der Waals surface area contributed by atoms with E-state index < -0.39 is 5.82 Å². The fraction of sp³-hybridized carbons (Fsp3) is 0.150. The molecule has 1 aliphatic heterocycles. The first-order chi connectivity index (χ1) is 11.8. The predicted octanol–water partition coefficient (Wildman–Crippen LogP) is 4.68. The topological polar surface area (TPSA) is 20.3 Å². The molecule has 2 heterocycles. The zero-order valence-electron chi connectivity index (χ0n) is 13.0. The number of hydrogen-bond acceptors (Lipinski definition) is 2. The Labute approximate surface area is 144 Å². The van der Waals surface area contributed by atoms with E-state index in [2.05, 4.69) is 11.4 Å². The minimum atomic E-state index is -0.467. The van der Waals surface area contributed by atoms with Crippen LogP contribution in [0.1, 0.15) is 32.4 Å². The Morgan fingerprint density at radius 3 is 2.58 bits per heavy atom. The van der Waals surface area contributed by atoms with Crippen LogP contribution in [0.3, 0.4) is 0 Å². The molecule has 0 fully saturated rings. The Kier molecular flexibility index (Phi) is 3.90. The van der Waals surface area contributed by atoms with Gasteiger partial charge in [-0.25, -0.2) is 4.39 Å². The zero-order chi connectivity index (χ0) is 16.5. The molecule has 24 heavy (non-hydrogen) atoms. The number of halogens is 1. The predicted molar refractivity (Wildman–Crippen MR) is 93.7 cm³/mol. The number of benzene rings is 2. The van der Waals surface area contributed by atoms with Gasteiger partial charge in [0.15, 0.2) is 0 Å². The second-order valence-electron chi connectivity index (χ2n) is 5.84. The van der Waals surface area contributed by atoms with Gasteiger partial charge in [0.05, 0.1) is 11.6 Å². The Morgan fingerprint density at radius 2 is 1.79 bits per heavy atom. The van der Waals surface area contributed by atoms with E-state index in [0.29, 0.717) is 6.54 Å². The number of nitrogens with zero attached hydrogens (tertiary/aromatic N) is 1. The van der Waals surface area contributed by atoms with E-state index in [9.17, 15) is 9.18 Å². The lowest BCUT2D eigenvalue weighted by molar-refractivity contribution is 0.0691. The first kappa shape index (κ1) is 15.1. The molecule has 0 N–H and O–H groups in total. The fourth-order valence-electron chi connectivity index (χ4n) is 3.32. The van der Waals surface area contributed by atoms with Crippen LogP contribution in [0.15, 0.2) is 66.0 Å². The maximum Gasteiger partial charge on any atom is 0.257 e. The third kappa shape index (κ3) is 2.53. The van der Waals surface area contributed by atoms with Crippen molar-refractivity contribution in [3.05, 3.63) is 93.4 Å². The number of amides is 1. The molecule has 1 atom stereocenters. The average molecular weight is 337 g/mol. The van der Waals surface area contributed by atoms with Crippen molar-refractivity contribution in [2.75, 3.05) is 6.54 Å². The highest BCUT2D eigenvalue weighted by Gasteiger charge is 2.33. The number of carbonyl (C=O) groups excluding carboxylic acids is 1. The Hall–Kier alpha value is -2.46. The van der Waals surface area contributed by atoms with Crippen LogP contribution in [0.5, 0.6) is 0 Å². The van der Waals surface area contributed by atoms with Crippen LogP contribution in [0, 0.1) is 5.82 Å². The lowest BCUT2D eigenvalue weighted by atomic mass is 9.92. The smallest absolute Gasteiger partial charge is 0.257 e. The molecule has 0 saturated carbocycles. The number of carbonyl (C=O) groups is 1. The van der Waals surface area contributed by atoms with Crippen LogP contribution in [-0.4, -0.2) is 17.4 Å². The quantitative estimate of drug-likeness (QED) is 0.665. The van der Waals surface area contributed by atoms with Gasteiger partial charge in [0.25, 0.3) is 5.91 Å². The maximum atomic E-state index is 14.1. The van der Waals surface area contributed by atoms with Crippen molar-refractivity contribution in [3.8, 4) is 0 Å².